The summed E-state index contributed by atoms with van der Waals surface area (Å²) in [4.78, 5) is 26.4. The summed E-state index contributed by atoms with van der Waals surface area (Å²) >= 11 is 0. The third kappa shape index (κ3) is 6.21. The van der Waals surface area contributed by atoms with Crippen molar-refractivity contribution in [3.05, 3.63) is 23.4 Å². The molecule has 6 fully saturated rings. The predicted molar refractivity (Wildman–Crippen MR) is 150 cm³/mol. The minimum absolute atomic E-state index is 0.0291. The van der Waals surface area contributed by atoms with Crippen molar-refractivity contribution >= 4 is 11.8 Å². The van der Waals surface area contributed by atoms with E-state index < -0.39 is 0 Å². The van der Waals surface area contributed by atoms with E-state index >= 15 is 0 Å². The number of nitrogens with zero attached hydrogens (tertiary/aromatic N) is 2. The fourth-order valence-corrected chi connectivity index (χ4v) is 8.33. The summed E-state index contributed by atoms with van der Waals surface area (Å²) in [5.41, 5.74) is 1.20. The number of nitrogens with one attached hydrogen (secondary N) is 3. The molecule has 2 heterocycles. The van der Waals surface area contributed by atoms with Gasteiger partial charge in [-0.1, -0.05) is 25.3 Å². The molecule has 0 atom stereocenters. The summed E-state index contributed by atoms with van der Waals surface area (Å²) in [6.45, 7) is 4.75. The van der Waals surface area contributed by atoms with Crippen molar-refractivity contribution in [2.45, 2.75) is 103 Å². The van der Waals surface area contributed by atoms with Crippen molar-refractivity contribution in [3.63, 3.8) is 0 Å². The van der Waals surface area contributed by atoms with Crippen LogP contribution in [0.3, 0.4) is 0 Å². The fraction of sp³-hybridized carbons (Fsp3) is 0.774. The Morgan fingerprint density at radius 3 is 2.38 bits per heavy atom. The highest BCUT2D eigenvalue weighted by atomic mass is 16.5. The summed E-state index contributed by atoms with van der Waals surface area (Å²) < 4.78 is 8.15. The van der Waals surface area contributed by atoms with Gasteiger partial charge in [-0.15, -0.1) is 0 Å². The summed E-state index contributed by atoms with van der Waals surface area (Å²) in [5.74, 6) is 3.98. The van der Waals surface area contributed by atoms with E-state index in [-0.39, 0.29) is 23.9 Å². The van der Waals surface area contributed by atoms with Gasteiger partial charge in [-0.05, 0) is 107 Å². The van der Waals surface area contributed by atoms with E-state index in [2.05, 4.69) is 21.0 Å². The second-order valence-electron chi connectivity index (χ2n) is 13.2. The van der Waals surface area contributed by atoms with Crippen LogP contribution < -0.4 is 20.7 Å². The Morgan fingerprint density at radius 2 is 1.69 bits per heavy atom. The number of amides is 2. The number of ether oxygens (including phenoxy) is 1. The summed E-state index contributed by atoms with van der Waals surface area (Å²) in [6, 6.07) is 0.502. The van der Waals surface area contributed by atoms with Crippen molar-refractivity contribution < 1.29 is 14.3 Å². The molecule has 1 aromatic rings. The molecule has 1 aliphatic heterocycles. The van der Waals surface area contributed by atoms with E-state index in [1.165, 1.54) is 64.2 Å². The largest absolute Gasteiger partial charge is 0.477 e. The lowest BCUT2D eigenvalue weighted by molar-refractivity contribution is -0.118. The third-order valence-corrected chi connectivity index (χ3v) is 10.3. The molecule has 39 heavy (non-hydrogen) atoms. The third-order valence-electron chi connectivity index (χ3n) is 10.3. The zero-order chi connectivity index (χ0) is 26.8. The molecule has 8 heteroatoms. The number of carbonyl (C=O) groups is 2. The highest BCUT2D eigenvalue weighted by molar-refractivity contribution is 5.96. The smallest absolute Gasteiger partial charge is 0.258 e. The first kappa shape index (κ1) is 26.9. The van der Waals surface area contributed by atoms with Crippen LogP contribution in [0.1, 0.15) is 94.3 Å². The number of piperidine rings is 1. The lowest BCUT2D eigenvalue weighted by Crippen LogP contribution is -2.55. The maximum atomic E-state index is 13.7. The first-order valence-corrected chi connectivity index (χ1v) is 15.7. The van der Waals surface area contributed by atoms with E-state index in [1.54, 1.807) is 10.9 Å². The molecule has 2 amide bonds. The van der Waals surface area contributed by atoms with Gasteiger partial charge in [0.25, 0.3) is 5.91 Å². The number of allylic oxidation sites excluding steroid dienone is 1. The van der Waals surface area contributed by atoms with E-state index in [0.717, 1.165) is 37.8 Å². The van der Waals surface area contributed by atoms with E-state index in [0.29, 0.717) is 47.9 Å². The van der Waals surface area contributed by atoms with Crippen LogP contribution in [0.15, 0.2) is 17.8 Å². The lowest BCUT2D eigenvalue weighted by Gasteiger charge is -2.54. The summed E-state index contributed by atoms with van der Waals surface area (Å²) in [6.07, 6.45) is 18.1. The van der Waals surface area contributed by atoms with Crippen LogP contribution in [0.5, 0.6) is 5.88 Å². The van der Waals surface area contributed by atoms with Gasteiger partial charge in [0.05, 0.1) is 19.3 Å². The molecule has 6 aliphatic rings. The highest BCUT2D eigenvalue weighted by Gasteiger charge is 2.48. The van der Waals surface area contributed by atoms with Crippen LogP contribution in [0.2, 0.25) is 0 Å². The molecule has 214 valence electrons. The van der Waals surface area contributed by atoms with Crippen molar-refractivity contribution in [1.82, 2.24) is 25.7 Å². The number of hydrogen-bond acceptors (Lipinski definition) is 5. The number of carbonyl (C=O) groups excluding carboxylic acids is 2. The number of aromatic nitrogens is 2. The fourth-order valence-electron chi connectivity index (χ4n) is 8.33. The van der Waals surface area contributed by atoms with Gasteiger partial charge in [0.1, 0.15) is 5.56 Å². The molecule has 0 aromatic carbocycles. The average molecular weight is 538 g/mol. The van der Waals surface area contributed by atoms with Gasteiger partial charge >= 0.3 is 0 Å². The van der Waals surface area contributed by atoms with Gasteiger partial charge in [0.2, 0.25) is 11.8 Å². The van der Waals surface area contributed by atoms with Crippen molar-refractivity contribution in [2.24, 2.45) is 29.6 Å². The zero-order valence-electron chi connectivity index (χ0n) is 23.6. The van der Waals surface area contributed by atoms with Crippen molar-refractivity contribution in [1.29, 1.82) is 0 Å². The molecular formula is C31H47N5O3. The Balaban J connectivity index is 1.14. The van der Waals surface area contributed by atoms with Gasteiger partial charge in [-0.25, -0.2) is 4.68 Å². The van der Waals surface area contributed by atoms with Crippen molar-refractivity contribution in [3.8, 4) is 5.88 Å². The lowest BCUT2D eigenvalue weighted by atomic mass is 9.54. The van der Waals surface area contributed by atoms with E-state index in [4.69, 9.17) is 4.74 Å². The Hall–Kier alpha value is -2.35. The van der Waals surface area contributed by atoms with Crippen LogP contribution in [0.4, 0.5) is 0 Å². The number of rotatable bonds is 9. The Labute approximate surface area is 233 Å². The topological polar surface area (TPSA) is 97.3 Å². The molecule has 5 saturated carbocycles. The van der Waals surface area contributed by atoms with Crippen LogP contribution in [-0.4, -0.2) is 53.4 Å². The molecule has 3 N–H and O–H groups in total. The monoisotopic (exact) mass is 537 g/mol. The molecule has 4 bridgehead atoms. The Kier molecular flexibility index (Phi) is 8.28. The standard InChI is InChI=1S/C31H47N5O3/c1-20(29(37)34-26-7-10-32-11-8-26)9-12-36-31(39-19-21-5-3-2-4-6-21)27(18-33-36)30(38)35-28-24-14-22-13-23(16-24)17-25(28)15-22/h9,18,21-26,28,32H,2-8,10-17,19H2,1H3,(H,34,37)(H,35,38)/b20-9+. The molecular weight excluding hydrogens is 490 g/mol. The normalized spacial score (nSPS) is 31.3. The Bertz CT molecular complexity index is 1020. The molecule has 0 spiro atoms. The van der Waals surface area contributed by atoms with Crippen LogP contribution in [-0.2, 0) is 11.3 Å². The number of hydrogen-bond donors (Lipinski definition) is 3. The molecule has 0 radical (unpaired) electrons. The van der Waals surface area contributed by atoms with Gasteiger partial charge < -0.3 is 20.7 Å². The minimum atomic E-state index is -0.0540. The second kappa shape index (κ2) is 12.0. The molecule has 8 nitrogen and oxygen atoms in total. The van der Waals surface area contributed by atoms with Crippen LogP contribution >= 0.6 is 0 Å². The molecule has 7 rings (SSSR count). The zero-order valence-corrected chi connectivity index (χ0v) is 23.6. The molecule has 1 saturated heterocycles. The summed E-state index contributed by atoms with van der Waals surface area (Å²) in [5, 5.41) is 14.5. The van der Waals surface area contributed by atoms with Crippen LogP contribution in [0, 0.1) is 29.6 Å². The second-order valence-corrected chi connectivity index (χ2v) is 13.2. The maximum absolute atomic E-state index is 13.7. The Morgan fingerprint density at radius 1 is 1.00 bits per heavy atom. The quantitative estimate of drug-likeness (QED) is 0.410. The van der Waals surface area contributed by atoms with Crippen molar-refractivity contribution in [2.75, 3.05) is 19.7 Å². The van der Waals surface area contributed by atoms with Crippen LogP contribution in [0.25, 0.3) is 0 Å². The highest BCUT2D eigenvalue weighted by Crippen LogP contribution is 2.53. The molecule has 5 aliphatic carbocycles. The van der Waals surface area contributed by atoms with Gasteiger partial charge in [0, 0.05) is 17.7 Å². The SMILES string of the molecule is C/C(=C\Cn1ncc(C(=O)NC2C3CC4CC(C3)CC2C4)c1OCC1CCCCC1)C(=O)NC1CCNCC1. The maximum Gasteiger partial charge on any atom is 0.258 e. The van der Waals surface area contributed by atoms with Gasteiger partial charge in [0.15, 0.2) is 0 Å². The molecule has 1 aromatic heterocycles. The summed E-state index contributed by atoms with van der Waals surface area (Å²) in [7, 11) is 0. The first-order chi connectivity index (χ1) is 19.0. The minimum Gasteiger partial charge on any atom is -0.477 e. The van der Waals surface area contributed by atoms with Gasteiger partial charge in [-0.2, -0.15) is 5.10 Å². The van der Waals surface area contributed by atoms with E-state index in [9.17, 15) is 9.59 Å². The van der Waals surface area contributed by atoms with Gasteiger partial charge in [-0.3, -0.25) is 9.59 Å². The van der Waals surface area contributed by atoms with E-state index in [1.807, 2.05) is 13.0 Å². The first-order valence-electron chi connectivity index (χ1n) is 15.7. The average Bonchev–Trinajstić information content (AvgIpc) is 3.36. The predicted octanol–water partition coefficient (Wildman–Crippen LogP) is 4.21. The molecule has 0 unspecified atom stereocenters.